The minimum atomic E-state index is -0.758. The van der Waals surface area contributed by atoms with E-state index in [-0.39, 0.29) is 0 Å². The first-order chi connectivity index (χ1) is 10.1. The van der Waals surface area contributed by atoms with E-state index in [1.165, 1.54) is 20.9 Å². The third-order valence-corrected chi connectivity index (χ3v) is 5.14. The van der Waals surface area contributed by atoms with Crippen LogP contribution in [0.5, 0.6) is 0 Å². The molecular weight excluding hydrogens is 282 g/mol. The summed E-state index contributed by atoms with van der Waals surface area (Å²) in [6, 6.07) is 9.56. The van der Waals surface area contributed by atoms with Gasteiger partial charge in [-0.3, -0.25) is 9.69 Å². The molecule has 0 saturated carbocycles. The molecule has 2 aromatic rings. The highest BCUT2D eigenvalue weighted by Gasteiger charge is 2.32. The Hall–Kier alpha value is -1.65. The van der Waals surface area contributed by atoms with Gasteiger partial charge in [-0.25, -0.2) is 0 Å². The number of thiophene rings is 1. The van der Waals surface area contributed by atoms with Crippen molar-refractivity contribution < 1.29 is 9.90 Å². The van der Waals surface area contributed by atoms with E-state index in [0.29, 0.717) is 6.54 Å². The fourth-order valence-electron chi connectivity index (χ4n) is 3.14. The van der Waals surface area contributed by atoms with Crippen LogP contribution >= 0.6 is 11.3 Å². The molecule has 1 aliphatic heterocycles. The summed E-state index contributed by atoms with van der Waals surface area (Å²) in [4.78, 5) is 16.4. The molecule has 1 atom stereocenters. The number of fused-ring (bicyclic) bond motifs is 1. The topological polar surface area (TPSA) is 40.5 Å². The van der Waals surface area contributed by atoms with Gasteiger partial charge in [-0.1, -0.05) is 24.3 Å². The maximum Gasteiger partial charge on any atom is 0.325 e. The van der Waals surface area contributed by atoms with Gasteiger partial charge in [0.05, 0.1) is 0 Å². The molecule has 1 N–H and O–H groups in total. The molecule has 110 valence electrons. The first-order valence-corrected chi connectivity index (χ1v) is 7.98. The lowest BCUT2D eigenvalue weighted by molar-refractivity contribution is -0.144. The molecule has 21 heavy (non-hydrogen) atoms. The predicted octanol–water partition coefficient (Wildman–Crippen LogP) is 3.55. The third kappa shape index (κ3) is 2.74. The Morgan fingerprint density at radius 2 is 2.14 bits per heavy atom. The van der Waals surface area contributed by atoms with E-state index < -0.39 is 12.0 Å². The number of carbonyl (C=O) groups is 1. The van der Waals surface area contributed by atoms with Gasteiger partial charge in [-0.15, -0.1) is 11.3 Å². The highest BCUT2D eigenvalue weighted by atomic mass is 32.1. The molecular formula is C17H19NO2S. The van der Waals surface area contributed by atoms with Gasteiger partial charge in [0.2, 0.25) is 0 Å². The van der Waals surface area contributed by atoms with Gasteiger partial charge in [0.25, 0.3) is 0 Å². The largest absolute Gasteiger partial charge is 0.480 e. The molecule has 1 aromatic carbocycles. The van der Waals surface area contributed by atoms with Crippen LogP contribution in [-0.4, -0.2) is 22.5 Å². The molecule has 1 aliphatic rings. The molecule has 0 spiro atoms. The second-order valence-corrected chi connectivity index (χ2v) is 7.06. The second-order valence-electron chi connectivity index (χ2n) is 5.60. The number of hydrogen-bond acceptors (Lipinski definition) is 3. The van der Waals surface area contributed by atoms with E-state index in [1.807, 2.05) is 24.3 Å². The Bertz CT molecular complexity index is 677. The highest BCUT2D eigenvalue weighted by molar-refractivity contribution is 7.12. The number of rotatable bonds is 3. The van der Waals surface area contributed by atoms with Crippen molar-refractivity contribution in [3.8, 4) is 0 Å². The van der Waals surface area contributed by atoms with E-state index in [9.17, 15) is 9.90 Å². The molecule has 0 aliphatic carbocycles. The van der Waals surface area contributed by atoms with Crippen LogP contribution in [0.1, 0.15) is 32.5 Å². The fraction of sp³-hybridized carbons (Fsp3) is 0.353. The number of nitrogens with zero attached hydrogens (tertiary/aromatic N) is 1. The summed E-state index contributed by atoms with van der Waals surface area (Å²) in [6.45, 7) is 5.71. The van der Waals surface area contributed by atoms with Gasteiger partial charge in [0.15, 0.2) is 0 Å². The van der Waals surface area contributed by atoms with Gasteiger partial charge >= 0.3 is 5.97 Å². The minimum absolute atomic E-state index is 0.533. The van der Waals surface area contributed by atoms with Crippen molar-refractivity contribution >= 4 is 17.3 Å². The summed E-state index contributed by atoms with van der Waals surface area (Å²) in [7, 11) is 0. The third-order valence-electron chi connectivity index (χ3n) is 4.13. The standard InChI is InChI=1S/C17H19NO2S/c1-11-9-14(12(2)21-11)10-18-8-7-13-5-3-4-6-15(13)16(18)17(19)20/h3-6,9,16H,7-8,10H2,1-2H3,(H,19,20). The van der Waals surface area contributed by atoms with Crippen LogP contribution in [0.15, 0.2) is 30.3 Å². The average molecular weight is 301 g/mol. The van der Waals surface area contributed by atoms with Crippen LogP contribution in [-0.2, 0) is 17.8 Å². The summed E-state index contributed by atoms with van der Waals surface area (Å²) < 4.78 is 0. The zero-order valence-corrected chi connectivity index (χ0v) is 13.1. The Balaban J connectivity index is 1.92. The van der Waals surface area contributed by atoms with E-state index in [1.54, 1.807) is 11.3 Å². The van der Waals surface area contributed by atoms with Gasteiger partial charge in [0, 0.05) is 22.8 Å². The smallest absolute Gasteiger partial charge is 0.325 e. The van der Waals surface area contributed by atoms with Crippen molar-refractivity contribution in [2.45, 2.75) is 32.9 Å². The van der Waals surface area contributed by atoms with Crippen molar-refractivity contribution in [1.82, 2.24) is 4.90 Å². The van der Waals surface area contributed by atoms with E-state index in [4.69, 9.17) is 0 Å². The van der Waals surface area contributed by atoms with Crippen molar-refractivity contribution in [3.63, 3.8) is 0 Å². The van der Waals surface area contributed by atoms with Gasteiger partial charge < -0.3 is 5.11 Å². The number of aryl methyl sites for hydroxylation is 2. The average Bonchev–Trinajstić information content (AvgIpc) is 2.76. The molecule has 3 rings (SSSR count). The van der Waals surface area contributed by atoms with Crippen LogP contribution in [0.4, 0.5) is 0 Å². The molecule has 0 bridgehead atoms. The Morgan fingerprint density at radius 3 is 2.81 bits per heavy atom. The maximum atomic E-state index is 11.8. The Kier molecular flexibility index (Phi) is 3.83. The summed E-state index contributed by atoms with van der Waals surface area (Å²) >= 11 is 1.78. The lowest BCUT2D eigenvalue weighted by atomic mass is 9.92. The molecule has 1 aromatic heterocycles. The molecule has 1 unspecified atom stereocenters. The van der Waals surface area contributed by atoms with E-state index in [0.717, 1.165) is 18.5 Å². The quantitative estimate of drug-likeness (QED) is 0.942. The lowest BCUT2D eigenvalue weighted by Crippen LogP contribution is -2.39. The summed E-state index contributed by atoms with van der Waals surface area (Å²) in [5, 5.41) is 9.67. The number of aliphatic carboxylic acids is 1. The van der Waals surface area contributed by atoms with Gasteiger partial charge in [-0.2, -0.15) is 0 Å². The zero-order valence-electron chi connectivity index (χ0n) is 12.3. The van der Waals surface area contributed by atoms with E-state index >= 15 is 0 Å². The number of carboxylic acid groups (broad SMARTS) is 1. The predicted molar refractivity (Wildman–Crippen MR) is 84.7 cm³/mol. The highest BCUT2D eigenvalue weighted by Crippen LogP contribution is 2.32. The van der Waals surface area contributed by atoms with Crippen LogP contribution in [0.3, 0.4) is 0 Å². The Labute approximate surface area is 128 Å². The van der Waals surface area contributed by atoms with Crippen molar-refractivity contribution in [2.75, 3.05) is 6.54 Å². The Morgan fingerprint density at radius 1 is 1.38 bits per heavy atom. The maximum absolute atomic E-state index is 11.8. The fourth-order valence-corrected chi connectivity index (χ4v) is 4.08. The van der Waals surface area contributed by atoms with Crippen LogP contribution in [0, 0.1) is 13.8 Å². The SMILES string of the molecule is Cc1cc(CN2CCc3ccccc3C2C(=O)O)c(C)s1. The second kappa shape index (κ2) is 5.62. The van der Waals surface area contributed by atoms with Gasteiger partial charge in [-0.05, 0) is 43.0 Å². The molecule has 0 radical (unpaired) electrons. The van der Waals surface area contributed by atoms with Crippen molar-refractivity contribution in [1.29, 1.82) is 0 Å². The van der Waals surface area contributed by atoms with Crippen LogP contribution in [0.2, 0.25) is 0 Å². The van der Waals surface area contributed by atoms with Crippen LogP contribution in [0.25, 0.3) is 0 Å². The number of benzene rings is 1. The first kappa shape index (κ1) is 14.3. The molecule has 3 nitrogen and oxygen atoms in total. The summed E-state index contributed by atoms with van der Waals surface area (Å²) in [6.07, 6.45) is 0.919. The van der Waals surface area contributed by atoms with Crippen molar-refractivity contribution in [3.05, 3.63) is 56.8 Å². The monoisotopic (exact) mass is 301 g/mol. The minimum Gasteiger partial charge on any atom is -0.480 e. The van der Waals surface area contributed by atoms with Crippen molar-refractivity contribution in [2.24, 2.45) is 0 Å². The zero-order chi connectivity index (χ0) is 15.0. The normalized spacial score (nSPS) is 18.5. The van der Waals surface area contributed by atoms with Crippen LogP contribution < -0.4 is 0 Å². The molecule has 0 saturated heterocycles. The van der Waals surface area contributed by atoms with Gasteiger partial charge in [0.1, 0.15) is 6.04 Å². The molecule has 0 amide bonds. The number of carboxylic acids is 1. The van der Waals surface area contributed by atoms with E-state index in [2.05, 4.69) is 24.8 Å². The molecule has 2 heterocycles. The summed E-state index contributed by atoms with van der Waals surface area (Å²) in [5.41, 5.74) is 3.36. The lowest BCUT2D eigenvalue weighted by Gasteiger charge is -2.34. The molecule has 0 fully saturated rings. The molecule has 4 heteroatoms. The first-order valence-electron chi connectivity index (χ1n) is 7.17. The summed E-state index contributed by atoms with van der Waals surface area (Å²) in [5.74, 6) is -0.758. The number of hydrogen-bond donors (Lipinski definition) is 1.